The van der Waals surface area contributed by atoms with E-state index in [9.17, 15) is 8.42 Å². The SMILES string of the molecule is CCN(CC)S(=O)(=O)CCNc1ncnc2c1oc1ccccc12. The molecular formula is C16H20N4O3S. The van der Waals surface area contributed by atoms with Crippen LogP contribution in [0.15, 0.2) is 35.0 Å². The minimum Gasteiger partial charge on any atom is -0.450 e. The lowest BCUT2D eigenvalue weighted by Gasteiger charge is -2.18. The molecule has 0 unspecified atom stereocenters. The Morgan fingerprint density at radius 3 is 2.67 bits per heavy atom. The fourth-order valence-corrected chi connectivity index (χ4v) is 4.10. The Morgan fingerprint density at radius 2 is 1.92 bits per heavy atom. The highest BCUT2D eigenvalue weighted by atomic mass is 32.2. The third-order valence-electron chi connectivity index (χ3n) is 3.91. The predicted molar refractivity (Wildman–Crippen MR) is 94.5 cm³/mol. The van der Waals surface area contributed by atoms with E-state index in [1.54, 1.807) is 0 Å². The second kappa shape index (κ2) is 6.74. The number of aromatic nitrogens is 2. The van der Waals surface area contributed by atoms with E-state index in [-0.39, 0.29) is 12.3 Å². The second-order valence-electron chi connectivity index (χ2n) is 5.33. The van der Waals surface area contributed by atoms with Gasteiger partial charge in [0.15, 0.2) is 11.4 Å². The van der Waals surface area contributed by atoms with E-state index in [4.69, 9.17) is 4.42 Å². The highest BCUT2D eigenvalue weighted by molar-refractivity contribution is 7.89. The Hall–Kier alpha value is -2.19. The summed E-state index contributed by atoms with van der Waals surface area (Å²) in [7, 11) is -3.27. The van der Waals surface area contributed by atoms with Crippen molar-refractivity contribution in [1.29, 1.82) is 0 Å². The molecule has 0 amide bonds. The maximum atomic E-state index is 12.2. The lowest BCUT2D eigenvalue weighted by atomic mass is 10.2. The number of nitrogens with one attached hydrogen (secondary N) is 1. The topological polar surface area (TPSA) is 88.3 Å². The van der Waals surface area contributed by atoms with Gasteiger partial charge in [-0.3, -0.25) is 0 Å². The van der Waals surface area contributed by atoms with Gasteiger partial charge in [-0.1, -0.05) is 26.0 Å². The number of furan rings is 1. The summed E-state index contributed by atoms with van der Waals surface area (Å²) in [6.07, 6.45) is 1.45. The lowest BCUT2D eigenvalue weighted by Crippen LogP contribution is -2.34. The van der Waals surface area contributed by atoms with Crippen LogP contribution >= 0.6 is 0 Å². The summed E-state index contributed by atoms with van der Waals surface area (Å²) in [5.74, 6) is 0.506. The fraction of sp³-hybridized carbons (Fsp3) is 0.375. The number of para-hydroxylation sites is 1. The summed E-state index contributed by atoms with van der Waals surface area (Å²) < 4.78 is 31.7. The molecule has 2 heterocycles. The number of fused-ring (bicyclic) bond motifs is 3. The number of rotatable bonds is 7. The van der Waals surface area contributed by atoms with Crippen LogP contribution in [0.5, 0.6) is 0 Å². The van der Waals surface area contributed by atoms with E-state index in [1.807, 2.05) is 38.1 Å². The molecule has 128 valence electrons. The fourth-order valence-electron chi connectivity index (χ4n) is 2.69. The Bertz CT molecular complexity index is 948. The lowest BCUT2D eigenvalue weighted by molar-refractivity contribution is 0.446. The average molecular weight is 348 g/mol. The van der Waals surface area contributed by atoms with Crippen LogP contribution in [0.4, 0.5) is 5.82 Å². The monoisotopic (exact) mass is 348 g/mol. The number of anilines is 1. The minimum atomic E-state index is -3.27. The van der Waals surface area contributed by atoms with Gasteiger partial charge in [-0.05, 0) is 12.1 Å². The van der Waals surface area contributed by atoms with Crippen molar-refractivity contribution in [3.8, 4) is 0 Å². The maximum Gasteiger partial charge on any atom is 0.215 e. The molecule has 0 bridgehead atoms. The molecule has 0 aliphatic carbocycles. The largest absolute Gasteiger partial charge is 0.450 e. The van der Waals surface area contributed by atoms with Crippen molar-refractivity contribution in [1.82, 2.24) is 14.3 Å². The van der Waals surface area contributed by atoms with Gasteiger partial charge >= 0.3 is 0 Å². The highest BCUT2D eigenvalue weighted by Gasteiger charge is 2.19. The number of benzene rings is 1. The Labute approximate surface area is 140 Å². The van der Waals surface area contributed by atoms with Crippen molar-refractivity contribution in [2.24, 2.45) is 0 Å². The summed E-state index contributed by atoms with van der Waals surface area (Å²) in [5, 5.41) is 3.97. The van der Waals surface area contributed by atoms with E-state index in [0.717, 1.165) is 16.5 Å². The molecule has 0 radical (unpaired) electrons. The van der Waals surface area contributed by atoms with Crippen molar-refractivity contribution in [2.45, 2.75) is 13.8 Å². The molecule has 24 heavy (non-hydrogen) atoms. The summed E-state index contributed by atoms with van der Waals surface area (Å²) in [5.41, 5.74) is 1.99. The highest BCUT2D eigenvalue weighted by Crippen LogP contribution is 2.30. The van der Waals surface area contributed by atoms with E-state index in [0.29, 0.717) is 24.5 Å². The molecule has 0 saturated carbocycles. The van der Waals surface area contributed by atoms with Crippen molar-refractivity contribution in [3.63, 3.8) is 0 Å². The number of sulfonamides is 1. The Morgan fingerprint density at radius 1 is 1.17 bits per heavy atom. The molecule has 1 aromatic carbocycles. The van der Waals surface area contributed by atoms with E-state index < -0.39 is 10.0 Å². The van der Waals surface area contributed by atoms with E-state index in [2.05, 4.69) is 15.3 Å². The second-order valence-corrected chi connectivity index (χ2v) is 7.41. The third-order valence-corrected chi connectivity index (χ3v) is 5.93. The van der Waals surface area contributed by atoms with Gasteiger partial charge in [0.25, 0.3) is 0 Å². The molecule has 8 heteroatoms. The molecule has 0 aliphatic rings. The van der Waals surface area contributed by atoms with Gasteiger partial charge in [-0.15, -0.1) is 0 Å². The standard InChI is InChI=1S/C16H20N4O3S/c1-3-20(4-2)24(21,22)10-9-17-16-15-14(18-11-19-16)12-7-5-6-8-13(12)23-15/h5-8,11H,3-4,9-10H2,1-2H3,(H,17,18,19). The quantitative estimate of drug-likeness (QED) is 0.705. The van der Waals surface area contributed by atoms with Gasteiger partial charge in [0.1, 0.15) is 17.4 Å². The predicted octanol–water partition coefficient (Wildman–Crippen LogP) is 2.46. The third kappa shape index (κ3) is 3.07. The van der Waals surface area contributed by atoms with Crippen molar-refractivity contribution in [3.05, 3.63) is 30.6 Å². The van der Waals surface area contributed by atoms with E-state index in [1.165, 1.54) is 10.6 Å². The van der Waals surface area contributed by atoms with Gasteiger partial charge < -0.3 is 9.73 Å². The average Bonchev–Trinajstić information content (AvgIpc) is 2.95. The van der Waals surface area contributed by atoms with Crippen molar-refractivity contribution in [2.75, 3.05) is 30.7 Å². The van der Waals surface area contributed by atoms with Crippen LogP contribution in [-0.2, 0) is 10.0 Å². The van der Waals surface area contributed by atoms with Crippen LogP contribution in [0.2, 0.25) is 0 Å². The van der Waals surface area contributed by atoms with Crippen molar-refractivity contribution >= 4 is 37.9 Å². The zero-order valence-corrected chi connectivity index (χ0v) is 14.5. The molecule has 0 aliphatic heterocycles. The molecule has 0 saturated heterocycles. The Kier molecular flexibility index (Phi) is 4.68. The summed E-state index contributed by atoms with van der Waals surface area (Å²) in [4.78, 5) is 8.45. The number of nitrogens with zero attached hydrogens (tertiary/aromatic N) is 3. The molecule has 3 aromatic rings. The van der Waals surface area contributed by atoms with Gasteiger partial charge in [-0.2, -0.15) is 0 Å². The minimum absolute atomic E-state index is 0.000401. The molecule has 0 fully saturated rings. The van der Waals surface area contributed by atoms with Gasteiger partial charge in [0, 0.05) is 25.0 Å². The first-order valence-electron chi connectivity index (χ1n) is 7.90. The van der Waals surface area contributed by atoms with Gasteiger partial charge in [0.2, 0.25) is 10.0 Å². The molecule has 0 spiro atoms. The first-order valence-corrected chi connectivity index (χ1v) is 9.51. The van der Waals surface area contributed by atoms with Gasteiger partial charge in [0.05, 0.1) is 5.75 Å². The van der Waals surface area contributed by atoms with E-state index >= 15 is 0 Å². The molecular weight excluding hydrogens is 328 g/mol. The zero-order chi connectivity index (χ0) is 17.2. The summed E-state index contributed by atoms with van der Waals surface area (Å²) in [6, 6.07) is 7.61. The van der Waals surface area contributed by atoms with Crippen LogP contribution in [0.1, 0.15) is 13.8 Å². The molecule has 7 nitrogen and oxygen atoms in total. The Balaban J connectivity index is 1.81. The van der Waals surface area contributed by atoms with Gasteiger partial charge in [-0.25, -0.2) is 22.7 Å². The zero-order valence-electron chi connectivity index (χ0n) is 13.7. The summed E-state index contributed by atoms with van der Waals surface area (Å²) in [6.45, 7) is 4.86. The number of hydrogen-bond acceptors (Lipinski definition) is 6. The number of hydrogen-bond donors (Lipinski definition) is 1. The van der Waals surface area contributed by atoms with Crippen LogP contribution < -0.4 is 5.32 Å². The molecule has 2 aromatic heterocycles. The molecule has 0 atom stereocenters. The van der Waals surface area contributed by atoms with Crippen LogP contribution in [0.25, 0.3) is 22.1 Å². The van der Waals surface area contributed by atoms with Crippen molar-refractivity contribution < 1.29 is 12.8 Å². The smallest absolute Gasteiger partial charge is 0.215 e. The van der Waals surface area contributed by atoms with Crippen LogP contribution in [0, 0.1) is 0 Å². The molecule has 3 rings (SSSR count). The first-order chi connectivity index (χ1) is 11.6. The van der Waals surface area contributed by atoms with Crippen LogP contribution in [-0.4, -0.2) is 48.1 Å². The summed E-state index contributed by atoms with van der Waals surface area (Å²) >= 11 is 0. The normalized spacial score (nSPS) is 12.3. The molecule has 1 N–H and O–H groups in total. The first kappa shape index (κ1) is 16.7. The van der Waals surface area contributed by atoms with Crippen LogP contribution in [0.3, 0.4) is 0 Å². The maximum absolute atomic E-state index is 12.2.